The number of carbonyl (C=O) groups is 2. The van der Waals surface area contributed by atoms with E-state index in [2.05, 4.69) is 44.9 Å². The summed E-state index contributed by atoms with van der Waals surface area (Å²) in [4.78, 5) is 26.4. The van der Waals surface area contributed by atoms with Gasteiger partial charge in [0, 0.05) is 30.9 Å². The molecule has 0 spiro atoms. The topological polar surface area (TPSA) is 61.4 Å². The van der Waals surface area contributed by atoms with Gasteiger partial charge in [-0.3, -0.25) is 4.79 Å². The summed E-state index contributed by atoms with van der Waals surface area (Å²) in [5, 5.41) is 5.67. The molecule has 1 aromatic rings. The van der Waals surface area contributed by atoms with Crippen LogP contribution < -0.4 is 10.6 Å². The van der Waals surface area contributed by atoms with Crippen LogP contribution in [-0.4, -0.2) is 36.5 Å². The van der Waals surface area contributed by atoms with Gasteiger partial charge in [0.05, 0.1) is 0 Å². The molecule has 2 N–H and O–H groups in total. The fourth-order valence-corrected chi connectivity index (χ4v) is 2.32. The zero-order valence-electron chi connectivity index (χ0n) is 16.5. The van der Waals surface area contributed by atoms with Crippen LogP contribution >= 0.6 is 0 Å². The molecule has 1 rings (SSSR count). The normalized spacial score (nSPS) is 10.7. The molecule has 3 amide bonds. The third kappa shape index (κ3) is 8.19. The van der Waals surface area contributed by atoms with E-state index >= 15 is 0 Å². The molecular formula is C21H33N3O2. The third-order valence-electron chi connectivity index (χ3n) is 4.05. The minimum Gasteiger partial charge on any atom is -0.349 e. The van der Waals surface area contributed by atoms with E-state index in [1.807, 2.05) is 4.90 Å². The maximum absolute atomic E-state index is 12.6. The Kier molecular flexibility index (Phi) is 9.48. The summed E-state index contributed by atoms with van der Waals surface area (Å²) in [6, 6.07) is 6.84. The monoisotopic (exact) mass is 359 g/mol. The van der Waals surface area contributed by atoms with Gasteiger partial charge in [0.1, 0.15) is 0 Å². The Hall–Kier alpha value is -2.30. The Morgan fingerprint density at radius 3 is 2.04 bits per heavy atom. The lowest BCUT2D eigenvalue weighted by molar-refractivity contribution is 0.0958. The van der Waals surface area contributed by atoms with Gasteiger partial charge in [0.15, 0.2) is 0 Å². The van der Waals surface area contributed by atoms with Crippen LogP contribution in [0.5, 0.6) is 0 Å². The van der Waals surface area contributed by atoms with Crippen LogP contribution in [0.1, 0.15) is 50.9 Å². The number of hydrogen-bond acceptors (Lipinski definition) is 2. The number of nitrogens with zero attached hydrogens (tertiary/aromatic N) is 1. The molecule has 5 nitrogen and oxygen atoms in total. The molecule has 5 heteroatoms. The maximum atomic E-state index is 12.6. The van der Waals surface area contributed by atoms with Crippen molar-refractivity contribution >= 4 is 17.6 Å². The second kappa shape index (κ2) is 11.3. The average molecular weight is 360 g/mol. The molecule has 0 atom stereocenters. The van der Waals surface area contributed by atoms with Crippen molar-refractivity contribution in [1.82, 2.24) is 10.2 Å². The van der Waals surface area contributed by atoms with Crippen molar-refractivity contribution in [2.24, 2.45) is 11.8 Å². The summed E-state index contributed by atoms with van der Waals surface area (Å²) in [5.74, 6) is 0.952. The van der Waals surface area contributed by atoms with Gasteiger partial charge in [-0.15, -0.1) is 6.58 Å². The van der Waals surface area contributed by atoms with Crippen molar-refractivity contribution in [2.75, 3.05) is 25.0 Å². The van der Waals surface area contributed by atoms with E-state index in [4.69, 9.17) is 0 Å². The van der Waals surface area contributed by atoms with E-state index < -0.39 is 0 Å². The standard InChI is InChI=1S/C21H33N3O2/c1-6-13-22-20(25)18-7-9-19(10-8-18)23-21(26)24(14-11-16(2)3)15-12-17(4)5/h6-10,16-17H,1,11-15H2,2-5H3,(H,22,25)(H,23,26). The summed E-state index contributed by atoms with van der Waals surface area (Å²) in [7, 11) is 0. The van der Waals surface area contributed by atoms with Crippen LogP contribution in [0.25, 0.3) is 0 Å². The van der Waals surface area contributed by atoms with E-state index in [0.29, 0.717) is 29.6 Å². The highest BCUT2D eigenvalue weighted by Crippen LogP contribution is 2.13. The number of amides is 3. The molecule has 0 saturated heterocycles. The largest absolute Gasteiger partial charge is 0.349 e. The Morgan fingerprint density at radius 2 is 1.58 bits per heavy atom. The van der Waals surface area contributed by atoms with Crippen molar-refractivity contribution in [3.8, 4) is 0 Å². The number of anilines is 1. The average Bonchev–Trinajstić information content (AvgIpc) is 2.59. The van der Waals surface area contributed by atoms with Crippen molar-refractivity contribution < 1.29 is 9.59 Å². The van der Waals surface area contributed by atoms with E-state index in [-0.39, 0.29) is 11.9 Å². The van der Waals surface area contributed by atoms with Crippen LogP contribution in [0, 0.1) is 11.8 Å². The van der Waals surface area contributed by atoms with Gasteiger partial charge in [-0.1, -0.05) is 33.8 Å². The number of nitrogens with one attached hydrogen (secondary N) is 2. The Bertz CT molecular complexity index is 567. The van der Waals surface area contributed by atoms with E-state index in [9.17, 15) is 9.59 Å². The summed E-state index contributed by atoms with van der Waals surface area (Å²) < 4.78 is 0. The number of carbonyl (C=O) groups excluding carboxylic acids is 2. The fraction of sp³-hybridized carbons (Fsp3) is 0.524. The Labute approximate surface area is 157 Å². The Morgan fingerprint density at radius 1 is 1.04 bits per heavy atom. The summed E-state index contributed by atoms with van der Waals surface area (Å²) in [5.41, 5.74) is 1.25. The van der Waals surface area contributed by atoms with Gasteiger partial charge >= 0.3 is 6.03 Å². The SMILES string of the molecule is C=CCNC(=O)c1ccc(NC(=O)N(CCC(C)C)CCC(C)C)cc1. The fourth-order valence-electron chi connectivity index (χ4n) is 2.32. The number of rotatable bonds is 10. The highest BCUT2D eigenvalue weighted by atomic mass is 16.2. The molecule has 26 heavy (non-hydrogen) atoms. The molecule has 0 aliphatic heterocycles. The Balaban J connectivity index is 2.68. The molecule has 0 aliphatic rings. The second-order valence-corrected chi connectivity index (χ2v) is 7.36. The molecule has 0 bridgehead atoms. The number of urea groups is 1. The first-order chi connectivity index (χ1) is 12.3. The summed E-state index contributed by atoms with van der Waals surface area (Å²) in [6.07, 6.45) is 3.59. The molecular weight excluding hydrogens is 326 g/mol. The highest BCUT2D eigenvalue weighted by Gasteiger charge is 2.15. The minimum absolute atomic E-state index is 0.0878. The summed E-state index contributed by atoms with van der Waals surface area (Å²) in [6.45, 7) is 14.1. The van der Waals surface area contributed by atoms with Crippen molar-refractivity contribution in [1.29, 1.82) is 0 Å². The van der Waals surface area contributed by atoms with E-state index in [1.165, 1.54) is 0 Å². The van der Waals surface area contributed by atoms with Gasteiger partial charge in [0.2, 0.25) is 0 Å². The molecule has 0 radical (unpaired) electrons. The van der Waals surface area contributed by atoms with Gasteiger partial charge in [-0.25, -0.2) is 4.79 Å². The van der Waals surface area contributed by atoms with Crippen molar-refractivity contribution in [3.05, 3.63) is 42.5 Å². The first-order valence-corrected chi connectivity index (χ1v) is 9.38. The molecule has 0 heterocycles. The van der Waals surface area contributed by atoms with Crippen LogP contribution in [0.2, 0.25) is 0 Å². The number of hydrogen-bond donors (Lipinski definition) is 2. The lowest BCUT2D eigenvalue weighted by Crippen LogP contribution is -2.37. The first-order valence-electron chi connectivity index (χ1n) is 9.38. The quantitative estimate of drug-likeness (QED) is 0.603. The van der Waals surface area contributed by atoms with Gasteiger partial charge in [-0.05, 0) is 48.9 Å². The van der Waals surface area contributed by atoms with Gasteiger partial charge in [-0.2, -0.15) is 0 Å². The molecule has 144 valence electrons. The molecule has 1 aromatic carbocycles. The van der Waals surface area contributed by atoms with E-state index in [0.717, 1.165) is 25.9 Å². The van der Waals surface area contributed by atoms with Crippen molar-refractivity contribution in [2.45, 2.75) is 40.5 Å². The highest BCUT2D eigenvalue weighted by molar-refractivity contribution is 5.95. The smallest absolute Gasteiger partial charge is 0.321 e. The third-order valence-corrected chi connectivity index (χ3v) is 4.05. The van der Waals surface area contributed by atoms with E-state index in [1.54, 1.807) is 30.3 Å². The lowest BCUT2D eigenvalue weighted by Gasteiger charge is -2.25. The first kappa shape index (κ1) is 21.7. The molecule has 0 saturated carbocycles. The predicted octanol–water partition coefficient (Wildman–Crippen LogP) is 4.53. The zero-order chi connectivity index (χ0) is 19.5. The molecule has 0 fully saturated rings. The van der Waals surface area contributed by atoms with Gasteiger partial charge < -0.3 is 15.5 Å². The lowest BCUT2D eigenvalue weighted by atomic mass is 10.1. The van der Waals surface area contributed by atoms with Crippen LogP contribution in [0.15, 0.2) is 36.9 Å². The zero-order valence-corrected chi connectivity index (χ0v) is 16.5. The number of benzene rings is 1. The second-order valence-electron chi connectivity index (χ2n) is 7.36. The van der Waals surface area contributed by atoms with Crippen LogP contribution in [0.4, 0.5) is 10.5 Å². The van der Waals surface area contributed by atoms with Crippen LogP contribution in [-0.2, 0) is 0 Å². The summed E-state index contributed by atoms with van der Waals surface area (Å²) >= 11 is 0. The van der Waals surface area contributed by atoms with Gasteiger partial charge in [0.25, 0.3) is 5.91 Å². The minimum atomic E-state index is -0.154. The molecule has 0 aliphatic carbocycles. The van der Waals surface area contributed by atoms with Crippen LogP contribution in [0.3, 0.4) is 0 Å². The molecule has 0 unspecified atom stereocenters. The maximum Gasteiger partial charge on any atom is 0.321 e. The van der Waals surface area contributed by atoms with Crippen molar-refractivity contribution in [3.63, 3.8) is 0 Å². The predicted molar refractivity (Wildman–Crippen MR) is 108 cm³/mol. The molecule has 0 aromatic heterocycles.